The minimum absolute atomic E-state index is 0.170. The van der Waals surface area contributed by atoms with Gasteiger partial charge >= 0.3 is 0 Å². The number of ketones is 1. The number of aryl methyl sites for hydroxylation is 2. The number of thiophene rings is 1. The van der Waals surface area contributed by atoms with Crippen molar-refractivity contribution >= 4 is 38.8 Å². The molecule has 2 heterocycles. The fourth-order valence-corrected chi connectivity index (χ4v) is 6.36. The van der Waals surface area contributed by atoms with E-state index < -0.39 is 23.0 Å². The van der Waals surface area contributed by atoms with Gasteiger partial charge in [-0.15, -0.1) is 11.3 Å². The fraction of sp³-hybridized carbons (Fsp3) is 0.185. The molecule has 170 valence electrons. The summed E-state index contributed by atoms with van der Waals surface area (Å²) in [6, 6.07) is 18.1. The van der Waals surface area contributed by atoms with Crippen molar-refractivity contribution in [2.75, 3.05) is 5.73 Å². The number of anilines is 1. The van der Waals surface area contributed by atoms with Gasteiger partial charge in [0, 0.05) is 21.5 Å². The summed E-state index contributed by atoms with van der Waals surface area (Å²) in [7, 11) is 0. The summed E-state index contributed by atoms with van der Waals surface area (Å²) in [6.07, 6.45) is 0.757. The minimum Gasteiger partial charge on any atom is -0.454 e. The van der Waals surface area contributed by atoms with Crippen LogP contribution in [0.2, 0.25) is 0 Å². The quantitative estimate of drug-likeness (QED) is 0.385. The first-order chi connectivity index (χ1) is 16.3. The third-order valence-electron chi connectivity index (χ3n) is 7.00. The zero-order valence-corrected chi connectivity index (χ0v) is 19.5. The van der Waals surface area contributed by atoms with Crippen molar-refractivity contribution < 1.29 is 19.4 Å². The second kappa shape index (κ2) is 6.91. The number of hydrogen-bond donors (Lipinski definition) is 3. The number of hydrogen-bond acceptors (Lipinski definition) is 6. The Balaban J connectivity index is 1.56. The molecule has 0 saturated carbocycles. The highest BCUT2D eigenvalue weighted by molar-refractivity contribution is 7.21. The van der Waals surface area contributed by atoms with Crippen molar-refractivity contribution in [3.05, 3.63) is 93.4 Å². The normalized spacial score (nSPS) is 22.3. The Morgan fingerprint density at radius 3 is 2.68 bits per heavy atom. The molecule has 6 nitrogen and oxygen atoms in total. The maximum absolute atomic E-state index is 14.0. The Morgan fingerprint density at radius 1 is 1.12 bits per heavy atom. The van der Waals surface area contributed by atoms with Gasteiger partial charge in [0.15, 0.2) is 0 Å². The lowest BCUT2D eigenvalue weighted by Gasteiger charge is -2.34. The van der Waals surface area contributed by atoms with Crippen LogP contribution in [0.25, 0.3) is 10.1 Å². The molecular weight excluding hydrogens is 448 g/mol. The van der Waals surface area contributed by atoms with Gasteiger partial charge in [0.05, 0.1) is 10.4 Å². The van der Waals surface area contributed by atoms with Crippen molar-refractivity contribution in [2.45, 2.75) is 31.6 Å². The molecule has 4 aromatic rings. The molecular formula is C27H22N2O4S. The number of fused-ring (bicyclic) bond motifs is 6. The van der Waals surface area contributed by atoms with Gasteiger partial charge < -0.3 is 20.9 Å². The van der Waals surface area contributed by atoms with E-state index in [1.807, 2.05) is 50.2 Å². The first-order valence-electron chi connectivity index (χ1n) is 11.1. The number of nitrogens with one attached hydrogen (secondary N) is 1. The van der Waals surface area contributed by atoms with E-state index in [0.717, 1.165) is 27.6 Å². The summed E-state index contributed by atoms with van der Waals surface area (Å²) in [4.78, 5) is 28.3. The van der Waals surface area contributed by atoms with Crippen LogP contribution < -0.4 is 15.8 Å². The molecule has 7 heteroatoms. The Bertz CT molecular complexity index is 1540. The van der Waals surface area contributed by atoms with E-state index in [1.165, 1.54) is 11.3 Å². The van der Waals surface area contributed by atoms with E-state index in [4.69, 9.17) is 10.5 Å². The molecule has 0 spiro atoms. The number of nitrogens with two attached hydrogens (primary N) is 1. The van der Waals surface area contributed by atoms with Crippen LogP contribution in [0.5, 0.6) is 5.75 Å². The van der Waals surface area contributed by atoms with Crippen molar-refractivity contribution in [1.82, 2.24) is 5.32 Å². The summed E-state index contributed by atoms with van der Waals surface area (Å²) in [6.45, 7) is 3.89. The molecule has 1 amide bonds. The standard InChI is InChI=1S/C27H22N2O4S/c1-3-15-11-12-17-20(13-15)33-27(32)18-8-6-9-19(28)22(18)24(30)26(17,27)29-25(31)23-14(2)16-7-4-5-10-21(16)34-23/h4-13,32H,3,28H2,1-2H3,(H,29,31). The summed E-state index contributed by atoms with van der Waals surface area (Å²) >= 11 is 1.35. The van der Waals surface area contributed by atoms with Crippen LogP contribution in [0.3, 0.4) is 0 Å². The molecule has 34 heavy (non-hydrogen) atoms. The van der Waals surface area contributed by atoms with Gasteiger partial charge in [-0.2, -0.15) is 0 Å². The second-order valence-electron chi connectivity index (χ2n) is 8.79. The average Bonchev–Trinajstić information content (AvgIpc) is 3.36. The van der Waals surface area contributed by atoms with Crippen molar-refractivity contribution in [3.8, 4) is 5.75 Å². The zero-order chi connectivity index (χ0) is 23.8. The Kier molecular flexibility index (Phi) is 4.25. The predicted octanol–water partition coefficient (Wildman–Crippen LogP) is 4.41. The first kappa shape index (κ1) is 20.9. The third kappa shape index (κ3) is 2.43. The van der Waals surface area contributed by atoms with E-state index in [0.29, 0.717) is 16.2 Å². The number of aliphatic hydroxyl groups is 1. The molecule has 1 aliphatic heterocycles. The molecule has 1 aromatic heterocycles. The van der Waals surface area contributed by atoms with E-state index >= 15 is 0 Å². The smallest absolute Gasteiger partial charge is 0.271 e. The monoisotopic (exact) mass is 470 g/mol. The van der Waals surface area contributed by atoms with E-state index in [1.54, 1.807) is 24.3 Å². The van der Waals surface area contributed by atoms with Gasteiger partial charge in [-0.3, -0.25) is 9.59 Å². The highest BCUT2D eigenvalue weighted by Gasteiger charge is 2.72. The summed E-state index contributed by atoms with van der Waals surface area (Å²) < 4.78 is 7.08. The summed E-state index contributed by atoms with van der Waals surface area (Å²) in [5, 5.41) is 15.9. The number of amides is 1. The Morgan fingerprint density at radius 2 is 1.91 bits per heavy atom. The molecule has 0 bridgehead atoms. The van der Waals surface area contributed by atoms with E-state index in [9.17, 15) is 14.7 Å². The maximum Gasteiger partial charge on any atom is 0.271 e. The minimum atomic E-state index is -2.12. The molecule has 0 saturated heterocycles. The van der Waals surface area contributed by atoms with Crippen LogP contribution in [0, 0.1) is 6.92 Å². The molecule has 3 aromatic carbocycles. The molecule has 4 N–H and O–H groups in total. The van der Waals surface area contributed by atoms with Crippen LogP contribution in [0.1, 0.15) is 49.2 Å². The van der Waals surface area contributed by atoms with Gasteiger partial charge in [-0.05, 0) is 48.1 Å². The van der Waals surface area contributed by atoms with Gasteiger partial charge in [0.2, 0.25) is 11.3 Å². The topological polar surface area (TPSA) is 102 Å². The molecule has 2 unspecified atom stereocenters. The van der Waals surface area contributed by atoms with Crippen molar-refractivity contribution in [2.24, 2.45) is 0 Å². The molecule has 0 fully saturated rings. The highest BCUT2D eigenvalue weighted by Crippen LogP contribution is 2.59. The fourth-order valence-electron chi connectivity index (χ4n) is 5.25. The van der Waals surface area contributed by atoms with E-state index in [2.05, 4.69) is 5.32 Å². The van der Waals surface area contributed by atoms with Crippen LogP contribution in [-0.2, 0) is 17.7 Å². The highest BCUT2D eigenvalue weighted by atomic mass is 32.1. The molecule has 2 atom stereocenters. The number of rotatable bonds is 3. The van der Waals surface area contributed by atoms with Gasteiger partial charge in [-0.25, -0.2) is 0 Å². The largest absolute Gasteiger partial charge is 0.454 e. The van der Waals surface area contributed by atoms with Gasteiger partial charge in [0.25, 0.3) is 11.7 Å². The Hall–Kier alpha value is -3.68. The van der Waals surface area contributed by atoms with E-state index in [-0.39, 0.29) is 16.8 Å². The second-order valence-corrected chi connectivity index (χ2v) is 9.84. The molecule has 0 radical (unpaired) electrons. The van der Waals surface area contributed by atoms with Crippen LogP contribution in [0.4, 0.5) is 5.69 Å². The SMILES string of the molecule is CCc1ccc2c(c1)OC1(O)c3cccc(N)c3C(=O)C21NC(=O)c1sc2ccccc2c1C. The lowest BCUT2D eigenvalue weighted by Crippen LogP contribution is -2.60. The summed E-state index contributed by atoms with van der Waals surface area (Å²) in [5.74, 6) is -2.69. The molecule has 1 aliphatic carbocycles. The number of benzene rings is 3. The number of carbonyl (C=O) groups excluding carboxylic acids is 2. The number of Topliss-reactive ketones (excluding diaryl/α,β-unsaturated/α-hetero) is 1. The van der Waals surface area contributed by atoms with Crippen LogP contribution in [-0.4, -0.2) is 16.8 Å². The van der Waals surface area contributed by atoms with Crippen molar-refractivity contribution in [3.63, 3.8) is 0 Å². The maximum atomic E-state index is 14.0. The third-order valence-corrected chi connectivity index (χ3v) is 8.28. The average molecular weight is 471 g/mol. The first-order valence-corrected chi connectivity index (χ1v) is 11.9. The molecule has 6 rings (SSSR count). The lowest BCUT2D eigenvalue weighted by atomic mass is 9.82. The lowest BCUT2D eigenvalue weighted by molar-refractivity contribution is -0.169. The zero-order valence-electron chi connectivity index (χ0n) is 18.6. The van der Waals surface area contributed by atoms with Gasteiger partial charge in [-0.1, -0.05) is 49.4 Å². The van der Waals surface area contributed by atoms with Crippen molar-refractivity contribution in [1.29, 1.82) is 0 Å². The number of nitrogen functional groups attached to an aromatic ring is 1. The molecule has 2 aliphatic rings. The van der Waals surface area contributed by atoms with Crippen LogP contribution >= 0.6 is 11.3 Å². The Labute approximate surface area is 200 Å². The van der Waals surface area contributed by atoms with Gasteiger partial charge in [0.1, 0.15) is 5.75 Å². The number of ether oxygens (including phenoxy) is 1. The van der Waals surface area contributed by atoms with Crippen LogP contribution in [0.15, 0.2) is 60.7 Å². The summed E-state index contributed by atoms with van der Waals surface area (Å²) in [5.41, 5.74) is 7.19. The number of carbonyl (C=O) groups is 2. The predicted molar refractivity (Wildman–Crippen MR) is 131 cm³/mol.